The van der Waals surface area contributed by atoms with Crippen molar-refractivity contribution in [2.75, 3.05) is 0 Å². The minimum Gasteiger partial charge on any atom is -0.238 e. The van der Waals surface area contributed by atoms with Gasteiger partial charge < -0.3 is 0 Å². The third kappa shape index (κ3) is 3.36. The number of hydrogen-bond donors (Lipinski definition) is 0. The van der Waals surface area contributed by atoms with Crippen LogP contribution in [0.25, 0.3) is 16.1 Å². The van der Waals surface area contributed by atoms with Crippen LogP contribution in [-0.2, 0) is 13.0 Å². The maximum Gasteiger partial charge on any atom is 0.0703 e. The molecule has 0 aliphatic carbocycles. The highest BCUT2D eigenvalue weighted by Crippen LogP contribution is 2.16. The molecule has 19 heavy (non-hydrogen) atoms. The average molecular weight is 255 g/mol. The Balaban J connectivity index is 2.39. The van der Waals surface area contributed by atoms with Gasteiger partial charge >= 0.3 is 0 Å². The molecule has 0 N–H and O–H groups in total. The fourth-order valence-corrected chi connectivity index (χ4v) is 2.01. The predicted octanol–water partition coefficient (Wildman–Crippen LogP) is 3.88. The van der Waals surface area contributed by atoms with Crippen LogP contribution in [0.4, 0.5) is 0 Å². The average Bonchev–Trinajstić information content (AvgIpc) is 2.79. The van der Waals surface area contributed by atoms with E-state index >= 15 is 0 Å². The minimum absolute atomic E-state index is 0.293. The fraction of sp³-hybridized carbons (Fsp3) is 0.357. The van der Waals surface area contributed by atoms with Crippen molar-refractivity contribution in [3.05, 3.63) is 58.2 Å². The van der Waals surface area contributed by atoms with E-state index in [0.29, 0.717) is 12.5 Å². The van der Waals surface area contributed by atoms with Gasteiger partial charge in [-0.15, -0.1) is 0 Å². The molecule has 1 aromatic heterocycles. The fourth-order valence-electron chi connectivity index (χ4n) is 2.01. The number of rotatable bonds is 5. The summed E-state index contributed by atoms with van der Waals surface area (Å²) in [5, 5.41) is 8.10. The second-order valence-corrected chi connectivity index (χ2v) is 4.86. The molecule has 1 heterocycles. The van der Waals surface area contributed by atoms with E-state index in [9.17, 15) is 0 Å². The summed E-state index contributed by atoms with van der Waals surface area (Å²) in [4.78, 5) is 2.78. The molecular weight excluding hydrogens is 238 g/mol. The van der Waals surface area contributed by atoms with E-state index in [1.54, 1.807) is 0 Å². The molecule has 5 heteroatoms. The van der Waals surface area contributed by atoms with Crippen LogP contribution in [0, 0.1) is 5.92 Å². The van der Waals surface area contributed by atoms with Crippen LogP contribution < -0.4 is 0 Å². The molecule has 0 saturated carbocycles. The molecular formula is C14H17N5. The molecule has 0 amide bonds. The van der Waals surface area contributed by atoms with Gasteiger partial charge in [-0.2, -0.15) is 5.10 Å². The smallest absolute Gasteiger partial charge is 0.0703 e. The molecule has 0 aliphatic heterocycles. The Kier molecular flexibility index (Phi) is 4.21. The molecule has 5 nitrogen and oxygen atoms in total. The quantitative estimate of drug-likeness (QED) is 0.454. The van der Waals surface area contributed by atoms with Crippen molar-refractivity contribution in [1.82, 2.24) is 9.78 Å². The standard InChI is InChI=1S/C14H17N5/c1-11(2)8-14-9-12(10-16-18-15)17-19(14)13-6-4-3-5-7-13/h3-7,9,11H,8,10H2,1-2H3. The normalized spacial score (nSPS) is 10.5. The second-order valence-electron chi connectivity index (χ2n) is 4.86. The SMILES string of the molecule is CC(C)Cc1cc(CN=[N+]=[N-])nn1-c1ccccc1. The summed E-state index contributed by atoms with van der Waals surface area (Å²) in [6.45, 7) is 4.65. The largest absolute Gasteiger partial charge is 0.238 e. The van der Waals surface area contributed by atoms with E-state index in [-0.39, 0.29) is 0 Å². The monoisotopic (exact) mass is 255 g/mol. The molecule has 0 unspecified atom stereocenters. The lowest BCUT2D eigenvalue weighted by Gasteiger charge is -2.08. The zero-order valence-corrected chi connectivity index (χ0v) is 11.2. The number of benzene rings is 1. The van der Waals surface area contributed by atoms with Crippen molar-refractivity contribution in [2.45, 2.75) is 26.8 Å². The van der Waals surface area contributed by atoms with Gasteiger partial charge in [-0.3, -0.25) is 0 Å². The summed E-state index contributed by atoms with van der Waals surface area (Å²) < 4.78 is 1.93. The number of para-hydroxylation sites is 1. The highest BCUT2D eigenvalue weighted by atomic mass is 15.3. The van der Waals surface area contributed by atoms with Gasteiger partial charge in [0.1, 0.15) is 0 Å². The Hall–Kier alpha value is -2.26. The zero-order chi connectivity index (χ0) is 13.7. The minimum atomic E-state index is 0.293. The van der Waals surface area contributed by atoms with Crippen LogP contribution in [0.2, 0.25) is 0 Å². The Labute approximate surface area is 112 Å². The summed E-state index contributed by atoms with van der Waals surface area (Å²) in [5.74, 6) is 0.548. The van der Waals surface area contributed by atoms with Crippen LogP contribution in [0.3, 0.4) is 0 Å². The van der Waals surface area contributed by atoms with E-state index in [4.69, 9.17) is 5.53 Å². The van der Waals surface area contributed by atoms with Gasteiger partial charge in [0.15, 0.2) is 0 Å². The first-order valence-electron chi connectivity index (χ1n) is 6.35. The Morgan fingerprint density at radius 3 is 2.68 bits per heavy atom. The lowest BCUT2D eigenvalue weighted by Crippen LogP contribution is -2.05. The van der Waals surface area contributed by atoms with Crippen molar-refractivity contribution >= 4 is 0 Å². The van der Waals surface area contributed by atoms with Gasteiger partial charge in [-0.25, -0.2) is 4.68 Å². The van der Waals surface area contributed by atoms with E-state index in [1.165, 1.54) is 0 Å². The van der Waals surface area contributed by atoms with Crippen molar-refractivity contribution in [2.24, 2.45) is 11.0 Å². The van der Waals surface area contributed by atoms with Crippen molar-refractivity contribution in [3.8, 4) is 5.69 Å². The van der Waals surface area contributed by atoms with E-state index in [0.717, 1.165) is 23.5 Å². The maximum atomic E-state index is 8.39. The van der Waals surface area contributed by atoms with Gasteiger partial charge in [0.2, 0.25) is 0 Å². The predicted molar refractivity (Wildman–Crippen MR) is 75.0 cm³/mol. The van der Waals surface area contributed by atoms with Crippen LogP contribution in [-0.4, -0.2) is 9.78 Å². The van der Waals surface area contributed by atoms with Gasteiger partial charge in [-0.05, 0) is 36.1 Å². The van der Waals surface area contributed by atoms with Crippen molar-refractivity contribution in [3.63, 3.8) is 0 Å². The molecule has 0 saturated heterocycles. The first-order valence-corrected chi connectivity index (χ1v) is 6.35. The highest BCUT2D eigenvalue weighted by molar-refractivity contribution is 5.33. The molecule has 0 aliphatic rings. The number of nitrogens with zero attached hydrogens (tertiary/aromatic N) is 5. The molecule has 0 spiro atoms. The zero-order valence-electron chi connectivity index (χ0n) is 11.2. The number of aromatic nitrogens is 2. The Morgan fingerprint density at radius 2 is 2.05 bits per heavy atom. The summed E-state index contributed by atoms with van der Waals surface area (Å²) in [7, 11) is 0. The molecule has 0 bridgehead atoms. The molecule has 2 aromatic rings. The van der Waals surface area contributed by atoms with E-state index in [2.05, 4.69) is 29.0 Å². The van der Waals surface area contributed by atoms with Crippen LogP contribution in [0.1, 0.15) is 25.2 Å². The third-order valence-electron chi connectivity index (χ3n) is 2.75. The first kappa shape index (κ1) is 13.2. The first-order chi connectivity index (χ1) is 9.20. The number of hydrogen-bond acceptors (Lipinski definition) is 2. The summed E-state index contributed by atoms with van der Waals surface area (Å²) in [6, 6.07) is 12.0. The van der Waals surface area contributed by atoms with E-state index in [1.807, 2.05) is 41.1 Å². The Bertz CT molecular complexity index is 579. The van der Waals surface area contributed by atoms with E-state index < -0.39 is 0 Å². The highest BCUT2D eigenvalue weighted by Gasteiger charge is 2.10. The van der Waals surface area contributed by atoms with Gasteiger partial charge in [0, 0.05) is 10.6 Å². The van der Waals surface area contributed by atoms with Crippen LogP contribution >= 0.6 is 0 Å². The molecule has 0 fully saturated rings. The lowest BCUT2D eigenvalue weighted by molar-refractivity contribution is 0.615. The van der Waals surface area contributed by atoms with Crippen molar-refractivity contribution < 1.29 is 0 Å². The summed E-state index contributed by atoms with van der Waals surface area (Å²) in [5.41, 5.74) is 11.4. The molecule has 2 rings (SSSR count). The number of azide groups is 1. The summed E-state index contributed by atoms with van der Waals surface area (Å²) in [6.07, 6.45) is 0.943. The van der Waals surface area contributed by atoms with Crippen LogP contribution in [0.15, 0.2) is 41.5 Å². The molecule has 98 valence electrons. The summed E-state index contributed by atoms with van der Waals surface area (Å²) >= 11 is 0. The maximum absolute atomic E-state index is 8.39. The van der Waals surface area contributed by atoms with Gasteiger partial charge in [-0.1, -0.05) is 37.2 Å². The lowest BCUT2D eigenvalue weighted by atomic mass is 10.1. The second kappa shape index (κ2) is 6.07. The van der Waals surface area contributed by atoms with Gasteiger partial charge in [0.05, 0.1) is 17.9 Å². The van der Waals surface area contributed by atoms with Crippen LogP contribution in [0.5, 0.6) is 0 Å². The Morgan fingerprint density at radius 1 is 1.32 bits per heavy atom. The van der Waals surface area contributed by atoms with Gasteiger partial charge in [0.25, 0.3) is 0 Å². The topological polar surface area (TPSA) is 66.6 Å². The van der Waals surface area contributed by atoms with Crippen molar-refractivity contribution in [1.29, 1.82) is 0 Å². The third-order valence-corrected chi connectivity index (χ3v) is 2.75. The molecule has 1 aromatic carbocycles. The molecule has 0 atom stereocenters. The molecule has 0 radical (unpaired) electrons.